The maximum Gasteiger partial charge on any atom is 0.148 e. The third-order valence-electron chi connectivity index (χ3n) is 3.31. The zero-order chi connectivity index (χ0) is 15.5. The van der Waals surface area contributed by atoms with Gasteiger partial charge in [0.1, 0.15) is 17.4 Å². The van der Waals surface area contributed by atoms with Crippen molar-refractivity contribution < 1.29 is 4.74 Å². The highest BCUT2D eigenvalue weighted by atomic mass is 32.1. The second kappa shape index (κ2) is 6.08. The first kappa shape index (κ1) is 14.4. The van der Waals surface area contributed by atoms with Gasteiger partial charge in [-0.1, -0.05) is 5.92 Å². The Labute approximate surface area is 134 Å². The van der Waals surface area contributed by atoms with E-state index in [9.17, 15) is 0 Å². The van der Waals surface area contributed by atoms with E-state index in [1.807, 2.05) is 32.3 Å². The number of hydrogen-bond donors (Lipinski definition) is 0. The molecule has 0 bridgehead atoms. The van der Waals surface area contributed by atoms with Crippen LogP contribution in [0.1, 0.15) is 0 Å². The van der Waals surface area contributed by atoms with E-state index in [1.165, 1.54) is 5.69 Å². The number of ether oxygens (including phenoxy) is 1. The molecule has 3 rings (SSSR count). The predicted octanol–water partition coefficient (Wildman–Crippen LogP) is 4.04. The summed E-state index contributed by atoms with van der Waals surface area (Å²) < 4.78 is 6.56. The molecule has 0 saturated heterocycles. The van der Waals surface area contributed by atoms with Gasteiger partial charge in [-0.05, 0) is 42.5 Å². The Kier molecular flexibility index (Phi) is 3.99. The van der Waals surface area contributed by atoms with Crippen LogP contribution in [0.5, 0.6) is 5.75 Å². The highest BCUT2D eigenvalue weighted by Crippen LogP contribution is 2.33. The monoisotopic (exact) mass is 308 g/mol. The molecule has 0 aliphatic carbocycles. The molecule has 4 heteroatoms. The first-order valence-corrected chi connectivity index (χ1v) is 7.73. The fourth-order valence-corrected chi connectivity index (χ4v) is 3.14. The van der Waals surface area contributed by atoms with Gasteiger partial charge in [0.2, 0.25) is 0 Å². The standard InChI is InChI=1S/C18H16N2OS/c1-4-11-21-15-9-10-16-17(12-15)22-18(19-16)13-5-7-14(8-6-13)20(2)3/h1,5-10,12H,11H2,2-3H3. The number of thiazole rings is 1. The van der Waals surface area contributed by atoms with Gasteiger partial charge >= 0.3 is 0 Å². The molecular weight excluding hydrogens is 292 g/mol. The van der Waals surface area contributed by atoms with Gasteiger partial charge in [0.15, 0.2) is 0 Å². The van der Waals surface area contributed by atoms with E-state index in [0.717, 1.165) is 26.5 Å². The number of fused-ring (bicyclic) bond motifs is 1. The molecule has 110 valence electrons. The van der Waals surface area contributed by atoms with Crippen molar-refractivity contribution in [2.45, 2.75) is 0 Å². The minimum absolute atomic E-state index is 0.281. The molecule has 3 aromatic rings. The van der Waals surface area contributed by atoms with Crippen molar-refractivity contribution in [3.05, 3.63) is 42.5 Å². The fourth-order valence-electron chi connectivity index (χ4n) is 2.15. The molecule has 0 aliphatic rings. The molecule has 0 aliphatic heterocycles. The average Bonchev–Trinajstić information content (AvgIpc) is 2.96. The van der Waals surface area contributed by atoms with Gasteiger partial charge in [-0.15, -0.1) is 17.8 Å². The van der Waals surface area contributed by atoms with Gasteiger partial charge < -0.3 is 9.64 Å². The lowest BCUT2D eigenvalue weighted by molar-refractivity contribution is 0.371. The number of benzene rings is 2. The maximum absolute atomic E-state index is 5.46. The van der Waals surface area contributed by atoms with Crippen LogP contribution in [0.2, 0.25) is 0 Å². The minimum atomic E-state index is 0.281. The molecule has 0 atom stereocenters. The average molecular weight is 308 g/mol. The van der Waals surface area contributed by atoms with Gasteiger partial charge in [-0.25, -0.2) is 4.98 Å². The summed E-state index contributed by atoms with van der Waals surface area (Å²) in [6, 6.07) is 14.3. The van der Waals surface area contributed by atoms with E-state index in [0.29, 0.717) is 0 Å². The van der Waals surface area contributed by atoms with Crippen molar-refractivity contribution in [3.63, 3.8) is 0 Å². The summed E-state index contributed by atoms with van der Waals surface area (Å²) in [6.45, 7) is 0.281. The van der Waals surface area contributed by atoms with Crippen LogP contribution in [0.3, 0.4) is 0 Å². The van der Waals surface area contributed by atoms with Crippen LogP contribution < -0.4 is 9.64 Å². The van der Waals surface area contributed by atoms with E-state index in [2.05, 4.69) is 40.1 Å². The van der Waals surface area contributed by atoms with Crippen molar-refractivity contribution >= 4 is 27.2 Å². The number of nitrogens with zero attached hydrogens (tertiary/aromatic N) is 2. The second-order valence-electron chi connectivity index (χ2n) is 5.08. The molecule has 0 fully saturated rings. The quantitative estimate of drug-likeness (QED) is 0.680. The lowest BCUT2D eigenvalue weighted by Gasteiger charge is -2.11. The summed E-state index contributed by atoms with van der Waals surface area (Å²) in [6.07, 6.45) is 5.21. The van der Waals surface area contributed by atoms with E-state index < -0.39 is 0 Å². The molecule has 22 heavy (non-hydrogen) atoms. The Morgan fingerprint density at radius 2 is 1.95 bits per heavy atom. The lowest BCUT2D eigenvalue weighted by Crippen LogP contribution is -2.07. The Morgan fingerprint density at radius 3 is 2.64 bits per heavy atom. The molecular formula is C18H16N2OS. The molecule has 3 nitrogen and oxygen atoms in total. The fraction of sp³-hybridized carbons (Fsp3) is 0.167. The van der Waals surface area contributed by atoms with Crippen LogP contribution in [0, 0.1) is 12.3 Å². The van der Waals surface area contributed by atoms with Crippen molar-refractivity contribution in [3.8, 4) is 28.7 Å². The van der Waals surface area contributed by atoms with E-state index in [4.69, 9.17) is 11.2 Å². The van der Waals surface area contributed by atoms with Crippen LogP contribution in [-0.2, 0) is 0 Å². The van der Waals surface area contributed by atoms with Gasteiger partial charge in [-0.3, -0.25) is 0 Å². The number of hydrogen-bond acceptors (Lipinski definition) is 4. The summed E-state index contributed by atoms with van der Waals surface area (Å²) in [4.78, 5) is 6.77. The summed E-state index contributed by atoms with van der Waals surface area (Å²) in [5.41, 5.74) is 3.28. The van der Waals surface area contributed by atoms with Crippen LogP contribution in [0.15, 0.2) is 42.5 Å². The summed E-state index contributed by atoms with van der Waals surface area (Å²) >= 11 is 1.66. The normalized spacial score (nSPS) is 10.4. The third kappa shape index (κ3) is 2.90. The summed E-state index contributed by atoms with van der Waals surface area (Å²) in [5, 5.41) is 1.01. The van der Waals surface area contributed by atoms with E-state index in [-0.39, 0.29) is 6.61 Å². The molecule has 0 saturated carbocycles. The molecule has 0 amide bonds. The first-order valence-electron chi connectivity index (χ1n) is 6.92. The number of rotatable bonds is 4. The van der Waals surface area contributed by atoms with E-state index >= 15 is 0 Å². The number of terminal acetylenes is 1. The predicted molar refractivity (Wildman–Crippen MR) is 93.7 cm³/mol. The number of aromatic nitrogens is 1. The lowest BCUT2D eigenvalue weighted by atomic mass is 10.2. The Morgan fingerprint density at radius 1 is 1.18 bits per heavy atom. The molecule has 0 spiro atoms. The minimum Gasteiger partial charge on any atom is -0.481 e. The molecule has 2 aromatic carbocycles. The van der Waals surface area contributed by atoms with Crippen LogP contribution in [0.4, 0.5) is 5.69 Å². The molecule has 0 radical (unpaired) electrons. The van der Waals surface area contributed by atoms with Crippen molar-refractivity contribution in [2.75, 3.05) is 25.6 Å². The van der Waals surface area contributed by atoms with E-state index in [1.54, 1.807) is 11.3 Å². The highest BCUT2D eigenvalue weighted by molar-refractivity contribution is 7.21. The highest BCUT2D eigenvalue weighted by Gasteiger charge is 2.08. The van der Waals surface area contributed by atoms with Gasteiger partial charge in [-0.2, -0.15) is 0 Å². The smallest absolute Gasteiger partial charge is 0.148 e. The molecule has 1 aromatic heterocycles. The largest absolute Gasteiger partial charge is 0.481 e. The second-order valence-corrected chi connectivity index (χ2v) is 6.11. The van der Waals surface area contributed by atoms with Crippen LogP contribution in [-0.4, -0.2) is 25.7 Å². The SMILES string of the molecule is C#CCOc1ccc2nc(-c3ccc(N(C)C)cc3)sc2c1. The van der Waals surface area contributed by atoms with Crippen LogP contribution >= 0.6 is 11.3 Å². The Hall–Kier alpha value is -2.51. The summed E-state index contributed by atoms with van der Waals surface area (Å²) in [5.74, 6) is 3.25. The number of anilines is 1. The Balaban J connectivity index is 1.92. The van der Waals surface area contributed by atoms with Crippen LogP contribution in [0.25, 0.3) is 20.8 Å². The molecule has 0 unspecified atom stereocenters. The summed E-state index contributed by atoms with van der Waals surface area (Å²) in [7, 11) is 4.06. The topological polar surface area (TPSA) is 25.4 Å². The Bertz CT molecular complexity index is 828. The zero-order valence-electron chi connectivity index (χ0n) is 12.5. The van der Waals surface area contributed by atoms with Crippen molar-refractivity contribution in [1.82, 2.24) is 4.98 Å². The van der Waals surface area contributed by atoms with Crippen molar-refractivity contribution in [2.24, 2.45) is 0 Å². The first-order chi connectivity index (χ1) is 10.7. The van der Waals surface area contributed by atoms with Gasteiger partial charge in [0, 0.05) is 25.3 Å². The van der Waals surface area contributed by atoms with Crippen molar-refractivity contribution in [1.29, 1.82) is 0 Å². The maximum atomic E-state index is 5.46. The zero-order valence-corrected chi connectivity index (χ0v) is 13.4. The van der Waals surface area contributed by atoms with Gasteiger partial charge in [0.05, 0.1) is 10.2 Å². The molecule has 0 N–H and O–H groups in total. The third-order valence-corrected chi connectivity index (χ3v) is 4.38. The van der Waals surface area contributed by atoms with Gasteiger partial charge in [0.25, 0.3) is 0 Å². The molecule has 1 heterocycles.